The van der Waals surface area contributed by atoms with Crippen LogP contribution in [0.3, 0.4) is 0 Å². The highest BCUT2D eigenvalue weighted by Crippen LogP contribution is 2.26. The summed E-state index contributed by atoms with van der Waals surface area (Å²) >= 11 is 0. The maximum Gasteiger partial charge on any atom is 0.308 e. The molecule has 34 heavy (non-hydrogen) atoms. The number of benzene rings is 3. The van der Waals surface area contributed by atoms with E-state index in [-0.39, 0.29) is 11.7 Å². The molecule has 0 aliphatic rings. The molecule has 0 unspecified atom stereocenters. The van der Waals surface area contributed by atoms with Crippen LogP contribution < -0.4 is 19.5 Å². The van der Waals surface area contributed by atoms with E-state index in [1.54, 1.807) is 24.3 Å². The first-order valence-electron chi connectivity index (χ1n) is 11.4. The minimum absolute atomic E-state index is 0.250. The molecule has 3 aromatic rings. The molecule has 0 aromatic heterocycles. The Morgan fingerprint density at radius 3 is 2.18 bits per heavy atom. The van der Waals surface area contributed by atoms with Crippen molar-refractivity contribution in [3.05, 3.63) is 89.5 Å². The van der Waals surface area contributed by atoms with E-state index in [4.69, 9.17) is 14.2 Å². The number of carbonyl (C=O) groups is 2. The summed E-state index contributed by atoms with van der Waals surface area (Å²) in [4.78, 5) is 23.8. The van der Waals surface area contributed by atoms with Crippen molar-refractivity contribution < 1.29 is 23.8 Å². The molecule has 0 radical (unpaired) electrons. The van der Waals surface area contributed by atoms with Crippen LogP contribution in [0, 0.1) is 0 Å². The number of para-hydroxylation sites is 2. The second-order valence-electron chi connectivity index (χ2n) is 8.30. The Morgan fingerprint density at radius 1 is 0.853 bits per heavy atom. The summed E-state index contributed by atoms with van der Waals surface area (Å²) in [7, 11) is 0. The van der Waals surface area contributed by atoms with Gasteiger partial charge in [-0.2, -0.15) is 0 Å². The fraction of sp³-hybridized carbons (Fsp3) is 0.286. The monoisotopic (exact) mass is 461 g/mol. The summed E-state index contributed by atoms with van der Waals surface area (Å²) in [6.07, 6.45) is 1.53. The van der Waals surface area contributed by atoms with Gasteiger partial charge in [0.15, 0.2) is 0 Å². The van der Waals surface area contributed by atoms with Crippen LogP contribution in [0.4, 0.5) is 0 Å². The molecule has 0 aliphatic heterocycles. The maximum absolute atomic E-state index is 12.5. The van der Waals surface area contributed by atoms with Crippen LogP contribution in [0.15, 0.2) is 72.8 Å². The van der Waals surface area contributed by atoms with Gasteiger partial charge >= 0.3 is 5.97 Å². The largest absolute Gasteiger partial charge is 0.453 e. The van der Waals surface area contributed by atoms with E-state index in [1.165, 1.54) is 6.92 Å². The maximum atomic E-state index is 12.5. The lowest BCUT2D eigenvalue weighted by molar-refractivity contribution is -0.131. The molecule has 0 fully saturated rings. The highest BCUT2D eigenvalue weighted by Gasteiger charge is 2.23. The summed E-state index contributed by atoms with van der Waals surface area (Å²) in [5, 5.41) is 2.87. The minimum Gasteiger partial charge on any atom is -0.453 e. The molecule has 6 heteroatoms. The van der Waals surface area contributed by atoms with E-state index < -0.39 is 11.8 Å². The fourth-order valence-electron chi connectivity index (χ4n) is 3.50. The molecular weight excluding hydrogens is 430 g/mol. The van der Waals surface area contributed by atoms with Gasteiger partial charge < -0.3 is 19.5 Å². The van der Waals surface area contributed by atoms with Crippen LogP contribution in [0.25, 0.3) is 0 Å². The first-order valence-corrected chi connectivity index (χ1v) is 11.4. The standard InChI is InChI=1S/C28H31NO5/c1-5-22-10-6-8-12-25(22)34-28(3,4)33-23-16-14-21(15-17-23)18-19-29-27(31)24-11-7-9-13-26(24)32-20(2)30/h6-17H,5,18-19H2,1-4H3,(H,29,31). The van der Waals surface area contributed by atoms with Gasteiger partial charge in [0, 0.05) is 27.3 Å². The number of hydrogen-bond donors (Lipinski definition) is 1. The quantitative estimate of drug-likeness (QED) is 0.251. The molecule has 0 bridgehead atoms. The zero-order valence-electron chi connectivity index (χ0n) is 20.1. The van der Waals surface area contributed by atoms with E-state index in [1.807, 2.05) is 62.4 Å². The van der Waals surface area contributed by atoms with E-state index in [0.717, 1.165) is 23.3 Å². The van der Waals surface area contributed by atoms with Crippen molar-refractivity contribution in [3.63, 3.8) is 0 Å². The van der Waals surface area contributed by atoms with Crippen molar-refractivity contribution in [2.24, 2.45) is 0 Å². The molecule has 0 saturated heterocycles. The number of rotatable bonds is 10. The van der Waals surface area contributed by atoms with Crippen molar-refractivity contribution in [2.45, 2.75) is 46.3 Å². The van der Waals surface area contributed by atoms with Crippen molar-refractivity contribution in [3.8, 4) is 17.2 Å². The molecule has 1 amide bonds. The second kappa shape index (κ2) is 11.4. The van der Waals surface area contributed by atoms with Gasteiger partial charge in [-0.15, -0.1) is 0 Å². The van der Waals surface area contributed by atoms with Crippen LogP contribution >= 0.6 is 0 Å². The average molecular weight is 462 g/mol. The van der Waals surface area contributed by atoms with Gasteiger partial charge in [-0.25, -0.2) is 0 Å². The van der Waals surface area contributed by atoms with Gasteiger partial charge in [-0.1, -0.05) is 49.4 Å². The van der Waals surface area contributed by atoms with Crippen molar-refractivity contribution in [2.75, 3.05) is 6.54 Å². The lowest BCUT2D eigenvalue weighted by Gasteiger charge is -2.28. The third-order valence-electron chi connectivity index (χ3n) is 5.08. The number of esters is 1. The van der Waals surface area contributed by atoms with Crippen LogP contribution in [0.2, 0.25) is 0 Å². The van der Waals surface area contributed by atoms with E-state index in [0.29, 0.717) is 24.3 Å². The summed E-state index contributed by atoms with van der Waals surface area (Å²) in [5.74, 6) is 0.171. The van der Waals surface area contributed by atoms with Crippen LogP contribution in [-0.2, 0) is 17.6 Å². The lowest BCUT2D eigenvalue weighted by atomic mass is 10.1. The normalized spacial score (nSPS) is 10.9. The molecule has 3 rings (SSSR count). The summed E-state index contributed by atoms with van der Waals surface area (Å²) in [6, 6.07) is 22.3. The third-order valence-corrected chi connectivity index (χ3v) is 5.08. The van der Waals surface area contributed by atoms with Crippen molar-refractivity contribution in [1.82, 2.24) is 5.32 Å². The number of aryl methyl sites for hydroxylation is 1. The van der Waals surface area contributed by atoms with E-state index >= 15 is 0 Å². The first-order chi connectivity index (χ1) is 16.3. The van der Waals surface area contributed by atoms with E-state index in [2.05, 4.69) is 12.2 Å². The molecule has 6 nitrogen and oxygen atoms in total. The lowest BCUT2D eigenvalue weighted by Crippen LogP contribution is -2.35. The van der Waals surface area contributed by atoms with Crippen LogP contribution in [0.5, 0.6) is 17.2 Å². The molecule has 0 saturated carbocycles. The zero-order chi connectivity index (χ0) is 24.6. The van der Waals surface area contributed by atoms with Gasteiger partial charge in [0.2, 0.25) is 5.79 Å². The summed E-state index contributed by atoms with van der Waals surface area (Å²) in [6.45, 7) is 7.61. The van der Waals surface area contributed by atoms with Crippen molar-refractivity contribution >= 4 is 11.9 Å². The number of nitrogens with one attached hydrogen (secondary N) is 1. The van der Waals surface area contributed by atoms with Gasteiger partial charge in [-0.05, 0) is 54.3 Å². The smallest absolute Gasteiger partial charge is 0.308 e. The average Bonchev–Trinajstić information content (AvgIpc) is 2.80. The molecule has 1 N–H and O–H groups in total. The number of hydrogen-bond acceptors (Lipinski definition) is 5. The van der Waals surface area contributed by atoms with Crippen LogP contribution in [-0.4, -0.2) is 24.2 Å². The Kier molecular flexibility index (Phi) is 8.30. The number of amides is 1. The van der Waals surface area contributed by atoms with E-state index in [9.17, 15) is 9.59 Å². The molecule has 0 spiro atoms. The molecule has 0 heterocycles. The van der Waals surface area contributed by atoms with Gasteiger partial charge in [-0.3, -0.25) is 9.59 Å². The highest BCUT2D eigenvalue weighted by molar-refractivity contribution is 5.97. The summed E-state index contributed by atoms with van der Waals surface area (Å²) in [5.41, 5.74) is 2.51. The van der Waals surface area contributed by atoms with Gasteiger partial charge in [0.25, 0.3) is 5.91 Å². The zero-order valence-corrected chi connectivity index (χ0v) is 20.1. The summed E-state index contributed by atoms with van der Waals surface area (Å²) < 4.78 is 17.3. The number of ether oxygens (including phenoxy) is 3. The molecule has 178 valence electrons. The minimum atomic E-state index is -0.837. The Balaban J connectivity index is 1.53. The highest BCUT2D eigenvalue weighted by atomic mass is 16.7. The van der Waals surface area contributed by atoms with Gasteiger partial charge in [0.05, 0.1) is 5.56 Å². The second-order valence-corrected chi connectivity index (χ2v) is 8.30. The Labute approximate surface area is 200 Å². The SMILES string of the molecule is CCc1ccccc1OC(C)(C)Oc1ccc(CCNC(=O)c2ccccc2OC(C)=O)cc1. The van der Waals surface area contributed by atoms with Gasteiger partial charge in [0.1, 0.15) is 17.2 Å². The number of carbonyl (C=O) groups excluding carboxylic acids is 2. The molecule has 0 aliphatic carbocycles. The molecule has 0 atom stereocenters. The Morgan fingerprint density at radius 2 is 1.50 bits per heavy atom. The topological polar surface area (TPSA) is 73.9 Å². The Bertz CT molecular complexity index is 1120. The van der Waals surface area contributed by atoms with Crippen molar-refractivity contribution in [1.29, 1.82) is 0 Å². The predicted molar refractivity (Wildman–Crippen MR) is 131 cm³/mol. The predicted octanol–water partition coefficient (Wildman–Crippen LogP) is 5.34. The first kappa shape index (κ1) is 24.8. The molecule has 3 aromatic carbocycles. The fourth-order valence-corrected chi connectivity index (χ4v) is 3.50. The third kappa shape index (κ3) is 7.10. The molecular formula is C28H31NO5. The van der Waals surface area contributed by atoms with Crippen LogP contribution in [0.1, 0.15) is 49.2 Å². The Hall–Kier alpha value is -3.80.